The molecule has 0 saturated carbocycles. The number of nitrogens with zero attached hydrogens (tertiary/aromatic N) is 3. The van der Waals surface area contributed by atoms with Crippen molar-refractivity contribution >= 4 is 32.8 Å². The standard InChI is InChI=1S/C21H17BrF2N4/c1-12-13(2)28(16-6-7-17(23)18(24)9-16)21-19(12)20(26-11-27-21)25-10-14-4-3-5-15(22)8-14/h3-9,11H,10H2,1-2H3,(H,25,26,27). The summed E-state index contributed by atoms with van der Waals surface area (Å²) in [5, 5.41) is 4.23. The number of benzene rings is 2. The van der Waals surface area contributed by atoms with Crippen LogP contribution >= 0.6 is 15.9 Å². The van der Waals surface area contributed by atoms with Crippen molar-refractivity contribution in [2.24, 2.45) is 0 Å². The minimum absolute atomic E-state index is 0.520. The summed E-state index contributed by atoms with van der Waals surface area (Å²) in [4.78, 5) is 8.81. The number of fused-ring (bicyclic) bond motifs is 1. The zero-order chi connectivity index (χ0) is 19.8. The molecule has 0 amide bonds. The van der Waals surface area contributed by atoms with Crippen molar-refractivity contribution < 1.29 is 8.78 Å². The minimum Gasteiger partial charge on any atom is -0.365 e. The highest BCUT2D eigenvalue weighted by atomic mass is 79.9. The number of hydrogen-bond acceptors (Lipinski definition) is 3. The van der Waals surface area contributed by atoms with Gasteiger partial charge < -0.3 is 5.32 Å². The van der Waals surface area contributed by atoms with Crippen molar-refractivity contribution in [3.8, 4) is 5.69 Å². The van der Waals surface area contributed by atoms with E-state index in [-0.39, 0.29) is 0 Å². The van der Waals surface area contributed by atoms with Gasteiger partial charge in [-0.15, -0.1) is 0 Å². The van der Waals surface area contributed by atoms with Gasteiger partial charge in [0.1, 0.15) is 12.1 Å². The smallest absolute Gasteiger partial charge is 0.160 e. The fourth-order valence-corrected chi connectivity index (χ4v) is 3.75. The summed E-state index contributed by atoms with van der Waals surface area (Å²) in [6.45, 7) is 4.50. The Labute approximate surface area is 169 Å². The molecule has 28 heavy (non-hydrogen) atoms. The second-order valence-electron chi connectivity index (χ2n) is 6.55. The zero-order valence-electron chi connectivity index (χ0n) is 15.3. The molecular weight excluding hydrogens is 426 g/mol. The van der Waals surface area contributed by atoms with E-state index in [0.717, 1.165) is 32.7 Å². The molecule has 0 saturated heterocycles. The Kier molecular flexibility index (Phi) is 4.85. The quantitative estimate of drug-likeness (QED) is 0.441. The van der Waals surface area contributed by atoms with E-state index in [1.54, 1.807) is 6.07 Å². The first-order valence-electron chi connectivity index (χ1n) is 8.72. The first-order chi connectivity index (χ1) is 13.5. The Morgan fingerprint density at radius 3 is 2.61 bits per heavy atom. The van der Waals surface area contributed by atoms with E-state index in [4.69, 9.17) is 0 Å². The maximum atomic E-state index is 13.8. The maximum Gasteiger partial charge on any atom is 0.160 e. The van der Waals surface area contributed by atoms with Gasteiger partial charge in [0, 0.05) is 22.8 Å². The Bertz CT molecular complexity index is 1190. The number of rotatable bonds is 4. The summed E-state index contributed by atoms with van der Waals surface area (Å²) in [5.74, 6) is -1.06. The molecule has 0 aliphatic carbocycles. The Balaban J connectivity index is 1.79. The fraction of sp³-hybridized carbons (Fsp3) is 0.143. The SMILES string of the molecule is Cc1c(C)n(-c2ccc(F)c(F)c2)c2ncnc(NCc3cccc(Br)c3)c12. The van der Waals surface area contributed by atoms with Crippen molar-refractivity contribution in [1.29, 1.82) is 0 Å². The Hall–Kier alpha value is -2.80. The van der Waals surface area contributed by atoms with Crippen LogP contribution in [-0.4, -0.2) is 14.5 Å². The minimum atomic E-state index is -0.890. The van der Waals surface area contributed by atoms with Crippen molar-refractivity contribution in [2.75, 3.05) is 5.32 Å². The highest BCUT2D eigenvalue weighted by Crippen LogP contribution is 2.31. The zero-order valence-corrected chi connectivity index (χ0v) is 16.9. The predicted molar refractivity (Wildman–Crippen MR) is 110 cm³/mol. The summed E-state index contributed by atoms with van der Waals surface area (Å²) < 4.78 is 30.0. The lowest BCUT2D eigenvalue weighted by atomic mass is 10.2. The average Bonchev–Trinajstić information content (AvgIpc) is 2.94. The van der Waals surface area contributed by atoms with Crippen molar-refractivity contribution in [1.82, 2.24) is 14.5 Å². The first kappa shape index (κ1) is 18.6. The second-order valence-corrected chi connectivity index (χ2v) is 7.46. The Morgan fingerprint density at radius 2 is 1.86 bits per heavy atom. The number of aryl methyl sites for hydroxylation is 1. The maximum absolute atomic E-state index is 13.8. The van der Waals surface area contributed by atoms with Crippen LogP contribution < -0.4 is 5.32 Å². The molecule has 142 valence electrons. The van der Waals surface area contributed by atoms with Gasteiger partial charge in [-0.1, -0.05) is 28.1 Å². The third-order valence-corrected chi connectivity index (χ3v) is 5.30. The molecule has 1 N–H and O–H groups in total. The molecule has 4 rings (SSSR count). The number of halogens is 3. The lowest BCUT2D eigenvalue weighted by Crippen LogP contribution is -2.03. The molecule has 0 atom stereocenters. The van der Waals surface area contributed by atoms with E-state index in [1.165, 1.54) is 12.4 Å². The van der Waals surface area contributed by atoms with Gasteiger partial charge in [-0.2, -0.15) is 0 Å². The second kappa shape index (κ2) is 7.31. The highest BCUT2D eigenvalue weighted by molar-refractivity contribution is 9.10. The van der Waals surface area contributed by atoms with E-state index in [0.29, 0.717) is 23.7 Å². The number of anilines is 1. The van der Waals surface area contributed by atoms with Crippen LogP contribution in [0.5, 0.6) is 0 Å². The normalized spacial score (nSPS) is 11.2. The van der Waals surface area contributed by atoms with Crippen LogP contribution in [-0.2, 0) is 6.54 Å². The van der Waals surface area contributed by atoms with E-state index in [2.05, 4.69) is 31.2 Å². The van der Waals surface area contributed by atoms with Crippen LogP contribution in [0.15, 0.2) is 53.3 Å². The molecule has 2 aromatic carbocycles. The van der Waals surface area contributed by atoms with E-state index >= 15 is 0 Å². The molecule has 4 aromatic rings. The lowest BCUT2D eigenvalue weighted by Gasteiger charge is -2.09. The predicted octanol–water partition coefficient (Wildman–Crippen LogP) is 5.69. The third-order valence-electron chi connectivity index (χ3n) is 4.80. The van der Waals surface area contributed by atoms with Gasteiger partial charge >= 0.3 is 0 Å². The molecule has 0 bridgehead atoms. The molecule has 0 radical (unpaired) electrons. The van der Waals surface area contributed by atoms with Crippen LogP contribution in [0.25, 0.3) is 16.7 Å². The van der Waals surface area contributed by atoms with Gasteiger partial charge in [-0.05, 0) is 49.2 Å². The monoisotopic (exact) mass is 442 g/mol. The number of aromatic nitrogens is 3. The van der Waals surface area contributed by atoms with Crippen LogP contribution in [0.2, 0.25) is 0 Å². The molecule has 4 nitrogen and oxygen atoms in total. The lowest BCUT2D eigenvalue weighted by molar-refractivity contribution is 0.508. The molecule has 0 spiro atoms. The van der Waals surface area contributed by atoms with Crippen molar-refractivity contribution in [2.45, 2.75) is 20.4 Å². The molecule has 0 aliphatic heterocycles. The van der Waals surface area contributed by atoms with Crippen molar-refractivity contribution in [3.63, 3.8) is 0 Å². The van der Waals surface area contributed by atoms with Gasteiger partial charge in [0.15, 0.2) is 17.3 Å². The molecule has 0 unspecified atom stereocenters. The summed E-state index contributed by atoms with van der Waals surface area (Å²) in [6.07, 6.45) is 1.47. The summed E-state index contributed by atoms with van der Waals surface area (Å²) in [6, 6.07) is 11.9. The molecule has 7 heteroatoms. The fourth-order valence-electron chi connectivity index (χ4n) is 3.31. The van der Waals surface area contributed by atoms with Crippen LogP contribution in [0, 0.1) is 25.5 Å². The van der Waals surface area contributed by atoms with Crippen LogP contribution in [0.4, 0.5) is 14.6 Å². The highest BCUT2D eigenvalue weighted by Gasteiger charge is 2.18. The Morgan fingerprint density at radius 1 is 1.04 bits per heavy atom. The number of hydrogen-bond donors (Lipinski definition) is 1. The molecule has 2 aromatic heterocycles. The first-order valence-corrected chi connectivity index (χ1v) is 9.51. The van der Waals surface area contributed by atoms with Gasteiger partial charge in [0.2, 0.25) is 0 Å². The third kappa shape index (κ3) is 3.26. The topological polar surface area (TPSA) is 42.7 Å². The van der Waals surface area contributed by atoms with E-state index in [9.17, 15) is 8.78 Å². The van der Waals surface area contributed by atoms with Gasteiger partial charge in [-0.3, -0.25) is 4.57 Å². The van der Waals surface area contributed by atoms with Gasteiger partial charge in [0.25, 0.3) is 0 Å². The molecule has 0 aliphatic rings. The van der Waals surface area contributed by atoms with E-state index in [1.807, 2.05) is 42.7 Å². The van der Waals surface area contributed by atoms with E-state index < -0.39 is 11.6 Å². The van der Waals surface area contributed by atoms with Gasteiger partial charge in [-0.25, -0.2) is 18.7 Å². The average molecular weight is 443 g/mol. The summed E-state index contributed by atoms with van der Waals surface area (Å²) in [7, 11) is 0. The van der Waals surface area contributed by atoms with Crippen LogP contribution in [0.1, 0.15) is 16.8 Å². The summed E-state index contributed by atoms with van der Waals surface area (Å²) >= 11 is 3.48. The van der Waals surface area contributed by atoms with Crippen LogP contribution in [0.3, 0.4) is 0 Å². The molecule has 0 fully saturated rings. The molecular formula is C21H17BrF2N4. The van der Waals surface area contributed by atoms with Gasteiger partial charge in [0.05, 0.1) is 11.1 Å². The van der Waals surface area contributed by atoms with Crippen molar-refractivity contribution in [3.05, 3.63) is 81.7 Å². The largest absolute Gasteiger partial charge is 0.365 e. The molecule has 2 heterocycles. The summed E-state index contributed by atoms with van der Waals surface area (Å²) in [5.41, 5.74) is 4.15. The number of nitrogens with one attached hydrogen (secondary N) is 1.